The highest BCUT2D eigenvalue weighted by Gasteiger charge is 2.28. The van der Waals surface area contributed by atoms with Crippen molar-refractivity contribution in [1.29, 1.82) is 0 Å². The number of nitro benzene ring substituents is 1. The van der Waals surface area contributed by atoms with Crippen molar-refractivity contribution in [2.75, 3.05) is 19.3 Å². The third-order valence-electron chi connectivity index (χ3n) is 3.65. The van der Waals surface area contributed by atoms with E-state index in [1.54, 1.807) is 0 Å². The van der Waals surface area contributed by atoms with Crippen molar-refractivity contribution in [3.05, 3.63) is 28.3 Å². The molecule has 8 heteroatoms. The van der Waals surface area contributed by atoms with Gasteiger partial charge in [0.25, 0.3) is 5.69 Å². The summed E-state index contributed by atoms with van der Waals surface area (Å²) in [6.45, 7) is 0.445. The van der Waals surface area contributed by atoms with Crippen LogP contribution in [0.25, 0.3) is 0 Å². The second-order valence-electron chi connectivity index (χ2n) is 5.06. The van der Waals surface area contributed by atoms with Gasteiger partial charge in [-0.05, 0) is 30.9 Å². The van der Waals surface area contributed by atoms with E-state index in [4.69, 9.17) is 5.73 Å². The average Bonchev–Trinajstić information content (AvgIpc) is 2.33. The van der Waals surface area contributed by atoms with Crippen LogP contribution in [0.15, 0.2) is 23.1 Å². The highest BCUT2D eigenvalue weighted by molar-refractivity contribution is 7.89. The number of nitro groups is 1. The Bertz CT molecular complexity index is 626. The van der Waals surface area contributed by atoms with Crippen LogP contribution in [0.3, 0.4) is 0 Å². The summed E-state index contributed by atoms with van der Waals surface area (Å²) < 4.78 is 26.0. The fraction of sp³-hybridized carbons (Fsp3) is 0.500. The summed E-state index contributed by atoms with van der Waals surface area (Å²) >= 11 is 0. The van der Waals surface area contributed by atoms with Gasteiger partial charge in [0.1, 0.15) is 5.69 Å². The Balaban J connectivity index is 2.28. The number of rotatable bonds is 5. The lowest BCUT2D eigenvalue weighted by molar-refractivity contribution is -0.384. The van der Waals surface area contributed by atoms with Crippen LogP contribution in [-0.4, -0.2) is 31.2 Å². The van der Waals surface area contributed by atoms with E-state index in [1.165, 1.54) is 23.5 Å². The maximum absolute atomic E-state index is 12.4. The van der Waals surface area contributed by atoms with Crippen LogP contribution < -0.4 is 5.73 Å². The van der Waals surface area contributed by atoms with E-state index in [0.29, 0.717) is 12.5 Å². The minimum absolute atomic E-state index is 0.0457. The van der Waals surface area contributed by atoms with Gasteiger partial charge in [-0.2, -0.15) is 0 Å². The van der Waals surface area contributed by atoms with Crippen molar-refractivity contribution in [3.8, 4) is 0 Å². The van der Waals surface area contributed by atoms with Crippen LogP contribution in [0.4, 0.5) is 11.4 Å². The predicted octanol–water partition coefficient (Wildman–Crippen LogP) is 1.60. The van der Waals surface area contributed by atoms with E-state index < -0.39 is 14.9 Å². The van der Waals surface area contributed by atoms with E-state index in [1.807, 2.05) is 0 Å². The van der Waals surface area contributed by atoms with E-state index in [9.17, 15) is 18.5 Å². The molecule has 20 heavy (non-hydrogen) atoms. The molecule has 1 saturated carbocycles. The van der Waals surface area contributed by atoms with Crippen molar-refractivity contribution in [3.63, 3.8) is 0 Å². The molecule has 0 unspecified atom stereocenters. The van der Waals surface area contributed by atoms with Crippen molar-refractivity contribution in [2.24, 2.45) is 5.92 Å². The van der Waals surface area contributed by atoms with Crippen LogP contribution in [0, 0.1) is 16.0 Å². The fourth-order valence-electron chi connectivity index (χ4n) is 2.16. The first-order valence-electron chi connectivity index (χ1n) is 6.32. The van der Waals surface area contributed by atoms with Gasteiger partial charge in [-0.3, -0.25) is 10.1 Å². The van der Waals surface area contributed by atoms with Gasteiger partial charge in [-0.25, -0.2) is 12.7 Å². The monoisotopic (exact) mass is 299 g/mol. The third-order valence-corrected chi connectivity index (χ3v) is 5.47. The molecule has 1 aromatic carbocycles. The lowest BCUT2D eigenvalue weighted by Crippen LogP contribution is -2.34. The maximum Gasteiger partial charge on any atom is 0.293 e. The van der Waals surface area contributed by atoms with E-state index >= 15 is 0 Å². The van der Waals surface area contributed by atoms with Crippen molar-refractivity contribution < 1.29 is 13.3 Å². The second kappa shape index (κ2) is 5.37. The summed E-state index contributed by atoms with van der Waals surface area (Å²) in [5.41, 5.74) is 5.04. The molecule has 0 bridgehead atoms. The summed E-state index contributed by atoms with van der Waals surface area (Å²) in [6, 6.07) is 3.57. The Kier molecular flexibility index (Phi) is 3.96. The molecule has 0 amide bonds. The van der Waals surface area contributed by atoms with Gasteiger partial charge >= 0.3 is 0 Å². The first-order valence-corrected chi connectivity index (χ1v) is 7.76. The van der Waals surface area contributed by atoms with Crippen LogP contribution in [0.2, 0.25) is 0 Å². The smallest absolute Gasteiger partial charge is 0.293 e. The molecule has 0 aromatic heterocycles. The van der Waals surface area contributed by atoms with Gasteiger partial charge in [-0.15, -0.1) is 0 Å². The molecular weight excluding hydrogens is 282 g/mol. The zero-order valence-electron chi connectivity index (χ0n) is 11.2. The van der Waals surface area contributed by atoms with E-state index in [-0.39, 0.29) is 16.3 Å². The van der Waals surface area contributed by atoms with Crippen LogP contribution >= 0.6 is 0 Å². The molecule has 0 saturated heterocycles. The SMILES string of the molecule is CN(CC1CCC1)S(=O)(=O)c1ccc(N)c([N+](=O)[O-])c1. The summed E-state index contributed by atoms with van der Waals surface area (Å²) in [5, 5.41) is 10.8. The molecule has 7 nitrogen and oxygen atoms in total. The standard InChI is InChI=1S/C12H17N3O4S/c1-14(8-9-3-2-4-9)20(18,19)10-5-6-11(13)12(7-10)15(16)17/h5-7,9H,2-4,8,13H2,1H3. The molecule has 0 atom stereocenters. The van der Waals surface area contributed by atoms with E-state index in [2.05, 4.69) is 0 Å². The Morgan fingerprint density at radius 1 is 1.45 bits per heavy atom. The third kappa shape index (κ3) is 2.75. The maximum atomic E-state index is 12.4. The molecule has 1 fully saturated rings. The molecule has 2 N–H and O–H groups in total. The highest BCUT2D eigenvalue weighted by atomic mass is 32.2. The minimum Gasteiger partial charge on any atom is -0.393 e. The molecule has 0 spiro atoms. The number of benzene rings is 1. The second-order valence-corrected chi connectivity index (χ2v) is 7.11. The topological polar surface area (TPSA) is 107 Å². The summed E-state index contributed by atoms with van der Waals surface area (Å²) in [6.07, 6.45) is 3.19. The van der Waals surface area contributed by atoms with Crippen molar-refractivity contribution >= 4 is 21.4 Å². The van der Waals surface area contributed by atoms with Crippen LogP contribution in [0.5, 0.6) is 0 Å². The number of nitrogens with zero attached hydrogens (tertiary/aromatic N) is 2. The number of nitrogens with two attached hydrogens (primary N) is 1. The van der Waals surface area contributed by atoms with Crippen molar-refractivity contribution in [2.45, 2.75) is 24.2 Å². The number of sulfonamides is 1. The lowest BCUT2D eigenvalue weighted by atomic mass is 9.86. The highest BCUT2D eigenvalue weighted by Crippen LogP contribution is 2.30. The summed E-state index contributed by atoms with van der Waals surface area (Å²) in [5.74, 6) is 0.388. The lowest BCUT2D eigenvalue weighted by Gasteiger charge is -2.29. The minimum atomic E-state index is -3.71. The Morgan fingerprint density at radius 2 is 2.10 bits per heavy atom. The number of hydrogen-bond donors (Lipinski definition) is 1. The van der Waals surface area contributed by atoms with Gasteiger partial charge in [0, 0.05) is 19.7 Å². The number of nitrogen functional groups attached to an aromatic ring is 1. The number of hydrogen-bond acceptors (Lipinski definition) is 5. The first-order chi connectivity index (χ1) is 9.32. The van der Waals surface area contributed by atoms with Gasteiger partial charge in [0.15, 0.2) is 0 Å². The van der Waals surface area contributed by atoms with Crippen LogP contribution in [-0.2, 0) is 10.0 Å². The largest absolute Gasteiger partial charge is 0.393 e. The van der Waals surface area contributed by atoms with Gasteiger partial charge < -0.3 is 5.73 Å². The molecule has 2 rings (SSSR count). The molecule has 0 aliphatic heterocycles. The van der Waals surface area contributed by atoms with Gasteiger partial charge in [0.05, 0.1) is 9.82 Å². The molecule has 1 aromatic rings. The Hall–Kier alpha value is -1.67. The van der Waals surface area contributed by atoms with Gasteiger partial charge in [0.2, 0.25) is 10.0 Å². The molecule has 110 valence electrons. The Labute approximate surface area is 117 Å². The number of anilines is 1. The Morgan fingerprint density at radius 3 is 2.60 bits per heavy atom. The van der Waals surface area contributed by atoms with Crippen LogP contribution in [0.1, 0.15) is 19.3 Å². The van der Waals surface area contributed by atoms with Crippen molar-refractivity contribution in [1.82, 2.24) is 4.31 Å². The normalized spacial score (nSPS) is 16.1. The quantitative estimate of drug-likeness (QED) is 0.505. The van der Waals surface area contributed by atoms with E-state index in [0.717, 1.165) is 25.3 Å². The zero-order valence-corrected chi connectivity index (χ0v) is 12.0. The summed E-state index contributed by atoms with van der Waals surface area (Å²) in [4.78, 5) is 10.0. The molecule has 0 heterocycles. The van der Waals surface area contributed by atoms with Gasteiger partial charge in [-0.1, -0.05) is 6.42 Å². The fourth-order valence-corrected chi connectivity index (χ4v) is 3.43. The first kappa shape index (κ1) is 14.7. The average molecular weight is 299 g/mol. The summed E-state index contributed by atoms with van der Waals surface area (Å²) in [7, 11) is -2.21. The molecule has 1 aliphatic carbocycles. The molecule has 0 radical (unpaired) electrons. The molecular formula is C12H17N3O4S. The predicted molar refractivity (Wildman–Crippen MR) is 74.7 cm³/mol. The molecule has 1 aliphatic rings. The zero-order chi connectivity index (χ0) is 14.9.